The average Bonchev–Trinajstić information content (AvgIpc) is 2.21. The molecule has 0 saturated heterocycles. The van der Waals surface area contributed by atoms with Gasteiger partial charge in [-0.05, 0) is 19.8 Å². The van der Waals surface area contributed by atoms with E-state index >= 15 is 0 Å². The number of rotatable bonds is 0. The standard InChI is InChI=1S/C7H14O.C6H6/c1-7(8)5-3-2-4-6-7;1-2-4-6-5-3-1/h8H,2-6H2,1H3;1-6H. The average molecular weight is 192 g/mol. The molecule has 78 valence electrons. The summed E-state index contributed by atoms with van der Waals surface area (Å²) in [6.07, 6.45) is 5.76. The summed E-state index contributed by atoms with van der Waals surface area (Å²) >= 11 is 0. The lowest BCUT2D eigenvalue weighted by molar-refractivity contribution is 0.0225. The highest BCUT2D eigenvalue weighted by molar-refractivity contribution is 4.99. The molecule has 0 radical (unpaired) electrons. The highest BCUT2D eigenvalue weighted by atomic mass is 16.3. The van der Waals surface area contributed by atoms with Crippen LogP contribution in [0.1, 0.15) is 39.0 Å². The van der Waals surface area contributed by atoms with Crippen LogP contribution >= 0.6 is 0 Å². The predicted octanol–water partition coefficient (Wildman–Crippen LogP) is 3.39. The van der Waals surface area contributed by atoms with Crippen LogP contribution in [0.3, 0.4) is 0 Å². The van der Waals surface area contributed by atoms with Crippen molar-refractivity contribution in [1.29, 1.82) is 0 Å². The molecule has 0 bridgehead atoms. The predicted molar refractivity (Wildman–Crippen MR) is 60.2 cm³/mol. The SMILES string of the molecule is CC1(O)CCCCC1.c1ccccc1. The Morgan fingerprint density at radius 3 is 1.36 bits per heavy atom. The van der Waals surface area contributed by atoms with Crippen molar-refractivity contribution in [2.24, 2.45) is 0 Å². The molecule has 0 aromatic heterocycles. The Morgan fingerprint density at radius 2 is 1.14 bits per heavy atom. The van der Waals surface area contributed by atoms with E-state index in [1.807, 2.05) is 43.3 Å². The van der Waals surface area contributed by atoms with Crippen molar-refractivity contribution in [2.45, 2.75) is 44.6 Å². The van der Waals surface area contributed by atoms with Gasteiger partial charge in [0.15, 0.2) is 0 Å². The van der Waals surface area contributed by atoms with Crippen LogP contribution in [0, 0.1) is 0 Å². The Kier molecular flexibility index (Phi) is 4.68. The molecule has 1 N–H and O–H groups in total. The topological polar surface area (TPSA) is 20.2 Å². The minimum absolute atomic E-state index is 0.321. The molecule has 0 heterocycles. The monoisotopic (exact) mass is 192 g/mol. The van der Waals surface area contributed by atoms with E-state index in [-0.39, 0.29) is 5.60 Å². The second-order valence-corrected chi connectivity index (χ2v) is 4.21. The normalized spacial score (nSPS) is 19.3. The Labute approximate surface area is 86.8 Å². The van der Waals surface area contributed by atoms with Crippen molar-refractivity contribution in [3.8, 4) is 0 Å². The largest absolute Gasteiger partial charge is 0.390 e. The van der Waals surface area contributed by atoms with Crippen molar-refractivity contribution in [3.05, 3.63) is 36.4 Å². The first-order valence-electron chi connectivity index (χ1n) is 5.43. The molecule has 1 aliphatic carbocycles. The summed E-state index contributed by atoms with van der Waals surface area (Å²) in [6, 6.07) is 12.0. The maximum atomic E-state index is 9.37. The van der Waals surface area contributed by atoms with Gasteiger partial charge in [-0.2, -0.15) is 0 Å². The van der Waals surface area contributed by atoms with Gasteiger partial charge in [0.05, 0.1) is 5.60 Å². The molecule has 0 aliphatic heterocycles. The molecule has 0 spiro atoms. The van der Waals surface area contributed by atoms with Crippen LogP contribution in [0.15, 0.2) is 36.4 Å². The highest BCUT2D eigenvalue weighted by Crippen LogP contribution is 2.26. The molecule has 1 aromatic carbocycles. The van der Waals surface area contributed by atoms with E-state index in [0.29, 0.717) is 0 Å². The molecular formula is C13H20O. The Morgan fingerprint density at radius 1 is 0.786 bits per heavy atom. The maximum absolute atomic E-state index is 9.37. The smallest absolute Gasteiger partial charge is 0.0619 e. The second kappa shape index (κ2) is 5.82. The molecule has 0 amide bonds. The summed E-state index contributed by atoms with van der Waals surface area (Å²) in [6.45, 7) is 1.94. The van der Waals surface area contributed by atoms with Crippen LogP contribution in [-0.2, 0) is 0 Å². The summed E-state index contributed by atoms with van der Waals surface area (Å²) in [5.41, 5.74) is -0.321. The van der Waals surface area contributed by atoms with Crippen LogP contribution in [0.25, 0.3) is 0 Å². The van der Waals surface area contributed by atoms with Gasteiger partial charge in [-0.25, -0.2) is 0 Å². The van der Waals surface area contributed by atoms with Crippen LogP contribution in [0.4, 0.5) is 0 Å². The third kappa shape index (κ3) is 5.03. The van der Waals surface area contributed by atoms with Crippen molar-refractivity contribution >= 4 is 0 Å². The van der Waals surface area contributed by atoms with Crippen LogP contribution in [0.2, 0.25) is 0 Å². The van der Waals surface area contributed by atoms with Gasteiger partial charge in [0, 0.05) is 0 Å². The van der Waals surface area contributed by atoms with Crippen molar-refractivity contribution in [3.63, 3.8) is 0 Å². The zero-order valence-corrected chi connectivity index (χ0v) is 8.95. The zero-order valence-electron chi connectivity index (χ0n) is 8.95. The van der Waals surface area contributed by atoms with Crippen LogP contribution < -0.4 is 0 Å². The Balaban J connectivity index is 0.000000146. The van der Waals surface area contributed by atoms with Crippen molar-refractivity contribution in [1.82, 2.24) is 0 Å². The van der Waals surface area contributed by atoms with E-state index in [1.165, 1.54) is 19.3 Å². The molecular weight excluding hydrogens is 172 g/mol. The first-order chi connectivity index (χ1) is 6.71. The molecule has 0 unspecified atom stereocenters. The minimum atomic E-state index is -0.321. The summed E-state index contributed by atoms with van der Waals surface area (Å²) in [5, 5.41) is 9.37. The molecule has 1 fully saturated rings. The fourth-order valence-electron chi connectivity index (χ4n) is 1.70. The lowest BCUT2D eigenvalue weighted by atomic mass is 9.87. The minimum Gasteiger partial charge on any atom is -0.390 e. The van der Waals surface area contributed by atoms with E-state index in [1.54, 1.807) is 0 Å². The van der Waals surface area contributed by atoms with Gasteiger partial charge in [0.2, 0.25) is 0 Å². The quantitative estimate of drug-likeness (QED) is 0.668. The lowest BCUT2D eigenvalue weighted by Gasteiger charge is -2.27. The first kappa shape index (κ1) is 11.3. The van der Waals surface area contributed by atoms with Crippen molar-refractivity contribution in [2.75, 3.05) is 0 Å². The van der Waals surface area contributed by atoms with Gasteiger partial charge < -0.3 is 5.11 Å². The van der Waals surface area contributed by atoms with Crippen LogP contribution in [-0.4, -0.2) is 10.7 Å². The maximum Gasteiger partial charge on any atom is 0.0619 e. The Hall–Kier alpha value is -0.820. The van der Waals surface area contributed by atoms with Gasteiger partial charge in [-0.15, -0.1) is 0 Å². The number of hydrogen-bond acceptors (Lipinski definition) is 1. The van der Waals surface area contributed by atoms with E-state index in [4.69, 9.17) is 0 Å². The zero-order chi connectivity index (χ0) is 10.3. The summed E-state index contributed by atoms with van der Waals surface area (Å²) in [5.74, 6) is 0. The van der Waals surface area contributed by atoms with E-state index in [9.17, 15) is 5.11 Å². The van der Waals surface area contributed by atoms with Crippen molar-refractivity contribution < 1.29 is 5.11 Å². The van der Waals surface area contributed by atoms with E-state index < -0.39 is 0 Å². The summed E-state index contributed by atoms with van der Waals surface area (Å²) in [4.78, 5) is 0. The third-order valence-corrected chi connectivity index (χ3v) is 2.60. The second-order valence-electron chi connectivity index (χ2n) is 4.21. The van der Waals surface area contributed by atoms with E-state index in [0.717, 1.165) is 12.8 Å². The summed E-state index contributed by atoms with van der Waals surface area (Å²) in [7, 11) is 0. The van der Waals surface area contributed by atoms with Gasteiger partial charge in [-0.3, -0.25) is 0 Å². The molecule has 1 heteroatoms. The first-order valence-corrected chi connectivity index (χ1v) is 5.43. The van der Waals surface area contributed by atoms with Gasteiger partial charge in [-0.1, -0.05) is 55.7 Å². The lowest BCUT2D eigenvalue weighted by Crippen LogP contribution is -2.26. The molecule has 1 aromatic rings. The van der Waals surface area contributed by atoms with Gasteiger partial charge in [0.1, 0.15) is 0 Å². The van der Waals surface area contributed by atoms with Gasteiger partial charge >= 0.3 is 0 Å². The number of hydrogen-bond donors (Lipinski definition) is 1. The fraction of sp³-hybridized carbons (Fsp3) is 0.538. The third-order valence-electron chi connectivity index (χ3n) is 2.60. The molecule has 1 saturated carbocycles. The van der Waals surface area contributed by atoms with Crippen LogP contribution in [0.5, 0.6) is 0 Å². The molecule has 1 aliphatic rings. The Bertz CT molecular complexity index is 194. The molecule has 1 nitrogen and oxygen atoms in total. The summed E-state index contributed by atoms with van der Waals surface area (Å²) < 4.78 is 0. The van der Waals surface area contributed by atoms with E-state index in [2.05, 4.69) is 0 Å². The van der Waals surface area contributed by atoms with Gasteiger partial charge in [0.25, 0.3) is 0 Å². The molecule has 2 rings (SSSR count). The molecule has 14 heavy (non-hydrogen) atoms. The highest BCUT2D eigenvalue weighted by Gasteiger charge is 2.22. The fourth-order valence-corrected chi connectivity index (χ4v) is 1.70. The number of aliphatic hydroxyl groups is 1. The number of benzene rings is 1. The molecule has 0 atom stereocenters.